The van der Waals surface area contributed by atoms with Crippen molar-refractivity contribution in [1.29, 1.82) is 0 Å². The van der Waals surface area contributed by atoms with Crippen molar-refractivity contribution >= 4 is 0 Å². The van der Waals surface area contributed by atoms with E-state index in [1.54, 1.807) is 0 Å². The molecule has 15 heavy (non-hydrogen) atoms. The molecule has 0 saturated carbocycles. The summed E-state index contributed by atoms with van der Waals surface area (Å²) in [7, 11) is 0. The zero-order valence-corrected chi connectivity index (χ0v) is 8.92. The summed E-state index contributed by atoms with van der Waals surface area (Å²) < 4.78 is 23.2. The number of rotatable bonds is 3. The van der Waals surface area contributed by atoms with E-state index in [4.69, 9.17) is 9.26 Å². The Morgan fingerprint density at radius 3 is 2.80 bits per heavy atom. The van der Waals surface area contributed by atoms with Crippen molar-refractivity contribution in [2.45, 2.75) is 32.6 Å². The van der Waals surface area contributed by atoms with Crippen LogP contribution in [0.3, 0.4) is 0 Å². The van der Waals surface area contributed by atoms with Gasteiger partial charge in [-0.05, 0) is 13.8 Å². The van der Waals surface area contributed by atoms with Crippen LogP contribution < -0.4 is 5.32 Å². The lowest BCUT2D eigenvalue weighted by Crippen LogP contribution is -2.36. The van der Waals surface area contributed by atoms with Gasteiger partial charge in [-0.2, -0.15) is 0 Å². The summed E-state index contributed by atoms with van der Waals surface area (Å²) in [5.41, 5.74) is 1.86. The molecule has 0 radical (unpaired) electrons. The molecule has 1 N–H and O–H groups in total. The summed E-state index contributed by atoms with van der Waals surface area (Å²) in [6, 6.07) is -0.210. The van der Waals surface area contributed by atoms with Crippen LogP contribution >= 0.6 is 0 Å². The number of aryl methyl sites for hydroxylation is 2. The highest BCUT2D eigenvalue weighted by atomic mass is 19.1. The second-order valence-corrected chi connectivity index (χ2v) is 3.84. The molecule has 2 atom stereocenters. The quantitative estimate of drug-likeness (QED) is 0.819. The molecular formula is C10H15FN2O2. The number of ether oxygens (including phenoxy) is 1. The van der Waals surface area contributed by atoms with Crippen LogP contribution in [-0.2, 0) is 11.3 Å². The molecule has 2 unspecified atom stereocenters. The highest BCUT2D eigenvalue weighted by molar-refractivity contribution is 5.20. The van der Waals surface area contributed by atoms with Gasteiger partial charge in [0, 0.05) is 12.1 Å². The zero-order valence-electron chi connectivity index (χ0n) is 8.92. The predicted molar refractivity (Wildman–Crippen MR) is 52.3 cm³/mol. The maximum Gasteiger partial charge on any atom is 0.141 e. The fourth-order valence-corrected chi connectivity index (χ4v) is 1.70. The summed E-state index contributed by atoms with van der Waals surface area (Å²) in [4.78, 5) is 0. The Kier molecular flexibility index (Phi) is 3.02. The van der Waals surface area contributed by atoms with E-state index in [9.17, 15) is 4.39 Å². The van der Waals surface area contributed by atoms with E-state index in [2.05, 4.69) is 10.5 Å². The number of hydrogen-bond donors (Lipinski definition) is 1. The Morgan fingerprint density at radius 1 is 1.47 bits per heavy atom. The molecule has 0 amide bonds. The molecule has 0 aliphatic carbocycles. The van der Waals surface area contributed by atoms with Gasteiger partial charge < -0.3 is 14.6 Å². The standard InChI is InChI=1S/C10H15FN2O2/c1-6-8(7(2)15-13-6)3-12-10-5-14-4-9(10)11/h9-10,12H,3-5H2,1-2H3. The van der Waals surface area contributed by atoms with Gasteiger partial charge in [-0.3, -0.25) is 0 Å². The van der Waals surface area contributed by atoms with Gasteiger partial charge in [0.05, 0.1) is 24.9 Å². The maximum atomic E-state index is 13.2. The first kappa shape index (κ1) is 10.6. The van der Waals surface area contributed by atoms with Crippen molar-refractivity contribution in [2.24, 2.45) is 0 Å². The van der Waals surface area contributed by atoms with Crippen molar-refractivity contribution in [2.75, 3.05) is 13.2 Å². The lowest BCUT2D eigenvalue weighted by molar-refractivity contribution is 0.172. The summed E-state index contributed by atoms with van der Waals surface area (Å²) in [6.45, 7) is 4.94. The van der Waals surface area contributed by atoms with Crippen LogP contribution in [0.2, 0.25) is 0 Å². The van der Waals surface area contributed by atoms with E-state index in [-0.39, 0.29) is 12.6 Å². The molecule has 5 heteroatoms. The second-order valence-electron chi connectivity index (χ2n) is 3.84. The van der Waals surface area contributed by atoms with Gasteiger partial charge in [-0.25, -0.2) is 4.39 Å². The number of hydrogen-bond acceptors (Lipinski definition) is 4. The lowest BCUT2D eigenvalue weighted by atomic mass is 10.1. The van der Waals surface area contributed by atoms with E-state index in [1.807, 2.05) is 13.8 Å². The molecule has 1 aromatic rings. The van der Waals surface area contributed by atoms with E-state index in [0.717, 1.165) is 17.0 Å². The molecule has 1 fully saturated rings. The second kappa shape index (κ2) is 4.28. The first-order valence-corrected chi connectivity index (χ1v) is 5.05. The molecule has 1 aromatic heterocycles. The first-order chi connectivity index (χ1) is 7.18. The van der Waals surface area contributed by atoms with Gasteiger partial charge in [0.15, 0.2) is 0 Å². The van der Waals surface area contributed by atoms with Crippen molar-refractivity contribution in [3.05, 3.63) is 17.0 Å². The lowest BCUT2D eigenvalue weighted by Gasteiger charge is -2.12. The molecule has 0 bridgehead atoms. The van der Waals surface area contributed by atoms with E-state index in [0.29, 0.717) is 13.2 Å². The Labute approximate surface area is 87.8 Å². The van der Waals surface area contributed by atoms with Crippen LogP contribution in [-0.4, -0.2) is 30.6 Å². The van der Waals surface area contributed by atoms with Gasteiger partial charge in [0.2, 0.25) is 0 Å². The summed E-state index contributed by atoms with van der Waals surface area (Å²) >= 11 is 0. The highest BCUT2D eigenvalue weighted by Gasteiger charge is 2.27. The topological polar surface area (TPSA) is 47.3 Å². The van der Waals surface area contributed by atoms with Crippen LogP contribution in [0.4, 0.5) is 4.39 Å². The smallest absolute Gasteiger partial charge is 0.141 e. The van der Waals surface area contributed by atoms with Gasteiger partial charge in [-0.1, -0.05) is 5.16 Å². The van der Waals surface area contributed by atoms with Gasteiger partial charge in [0.25, 0.3) is 0 Å². The minimum Gasteiger partial charge on any atom is -0.377 e. The van der Waals surface area contributed by atoms with Crippen LogP contribution in [0.25, 0.3) is 0 Å². The van der Waals surface area contributed by atoms with Crippen molar-refractivity contribution in [1.82, 2.24) is 10.5 Å². The molecule has 0 aromatic carbocycles. The molecule has 0 spiro atoms. The largest absolute Gasteiger partial charge is 0.377 e. The maximum absolute atomic E-state index is 13.2. The third-order valence-corrected chi connectivity index (χ3v) is 2.73. The Bertz CT molecular complexity index is 321. The molecule has 84 valence electrons. The fraction of sp³-hybridized carbons (Fsp3) is 0.700. The van der Waals surface area contributed by atoms with Gasteiger partial charge in [-0.15, -0.1) is 0 Å². The molecule has 1 saturated heterocycles. The first-order valence-electron chi connectivity index (χ1n) is 5.05. The normalized spacial score (nSPS) is 26.1. The minimum atomic E-state index is -0.912. The predicted octanol–water partition coefficient (Wildman–Crippen LogP) is 1.12. The van der Waals surface area contributed by atoms with Crippen LogP contribution in [0.1, 0.15) is 17.0 Å². The molecule has 2 heterocycles. The molecule has 2 rings (SSSR count). The number of nitrogens with zero attached hydrogens (tertiary/aromatic N) is 1. The Hall–Kier alpha value is -0.940. The average molecular weight is 214 g/mol. The highest BCUT2D eigenvalue weighted by Crippen LogP contribution is 2.14. The van der Waals surface area contributed by atoms with Crippen LogP contribution in [0.5, 0.6) is 0 Å². The van der Waals surface area contributed by atoms with E-state index < -0.39 is 6.17 Å². The fourth-order valence-electron chi connectivity index (χ4n) is 1.70. The zero-order chi connectivity index (χ0) is 10.8. The molecule has 1 aliphatic rings. The average Bonchev–Trinajstić information content (AvgIpc) is 2.73. The number of aromatic nitrogens is 1. The van der Waals surface area contributed by atoms with E-state index in [1.165, 1.54) is 0 Å². The molecular weight excluding hydrogens is 199 g/mol. The number of alkyl halides is 1. The third-order valence-electron chi connectivity index (χ3n) is 2.73. The SMILES string of the molecule is Cc1noc(C)c1CNC1COCC1F. The monoisotopic (exact) mass is 214 g/mol. The van der Waals surface area contributed by atoms with E-state index >= 15 is 0 Å². The number of nitrogens with one attached hydrogen (secondary N) is 1. The minimum absolute atomic E-state index is 0.194. The van der Waals surface area contributed by atoms with Crippen molar-refractivity contribution in [3.63, 3.8) is 0 Å². The summed E-state index contributed by atoms with van der Waals surface area (Å²) in [5.74, 6) is 0.786. The van der Waals surface area contributed by atoms with Crippen molar-refractivity contribution < 1.29 is 13.7 Å². The number of halogens is 1. The van der Waals surface area contributed by atoms with Gasteiger partial charge >= 0.3 is 0 Å². The molecule has 1 aliphatic heterocycles. The summed E-state index contributed by atoms with van der Waals surface area (Å²) in [6.07, 6.45) is -0.912. The Balaban J connectivity index is 1.93. The third kappa shape index (κ3) is 2.18. The van der Waals surface area contributed by atoms with Crippen LogP contribution in [0, 0.1) is 13.8 Å². The van der Waals surface area contributed by atoms with Crippen molar-refractivity contribution in [3.8, 4) is 0 Å². The molecule has 4 nitrogen and oxygen atoms in total. The Morgan fingerprint density at radius 2 is 2.27 bits per heavy atom. The summed E-state index contributed by atoms with van der Waals surface area (Å²) in [5, 5.41) is 6.96. The van der Waals surface area contributed by atoms with Gasteiger partial charge in [0.1, 0.15) is 11.9 Å². The van der Waals surface area contributed by atoms with Crippen LogP contribution in [0.15, 0.2) is 4.52 Å².